The highest BCUT2D eigenvalue weighted by molar-refractivity contribution is 5.96. The minimum Gasteiger partial charge on any atom is -0.380 e. The lowest BCUT2D eigenvalue weighted by atomic mass is 10.0. The van der Waals surface area contributed by atoms with E-state index in [-0.39, 0.29) is 17.9 Å². The molecule has 3 rings (SSSR count). The number of aromatic nitrogens is 1. The van der Waals surface area contributed by atoms with Crippen LogP contribution in [0.3, 0.4) is 0 Å². The number of amides is 2. The molecule has 0 unspecified atom stereocenters. The quantitative estimate of drug-likeness (QED) is 0.895. The number of carbonyl (C=O) groups is 2. The van der Waals surface area contributed by atoms with Gasteiger partial charge in [0.05, 0.1) is 6.61 Å². The zero-order chi connectivity index (χ0) is 18.4. The summed E-state index contributed by atoms with van der Waals surface area (Å²) < 4.78 is 5.19. The third-order valence-corrected chi connectivity index (χ3v) is 4.61. The lowest BCUT2D eigenvalue weighted by molar-refractivity contribution is 0.0693. The van der Waals surface area contributed by atoms with E-state index in [0.717, 1.165) is 18.4 Å². The first-order chi connectivity index (χ1) is 12.7. The number of ether oxygens (including phenoxy) is 1. The van der Waals surface area contributed by atoms with Gasteiger partial charge in [0.15, 0.2) is 0 Å². The van der Waals surface area contributed by atoms with Gasteiger partial charge >= 0.3 is 0 Å². The van der Waals surface area contributed by atoms with E-state index in [1.807, 2.05) is 29.2 Å². The Morgan fingerprint density at radius 1 is 1.15 bits per heavy atom. The summed E-state index contributed by atoms with van der Waals surface area (Å²) in [4.78, 5) is 30.8. The van der Waals surface area contributed by atoms with Crippen LogP contribution in [0.2, 0.25) is 0 Å². The van der Waals surface area contributed by atoms with E-state index in [0.29, 0.717) is 30.8 Å². The summed E-state index contributed by atoms with van der Waals surface area (Å²) in [5.74, 6) is -0.0702. The molecular weight excluding hydrogens is 330 g/mol. The number of benzene rings is 1. The van der Waals surface area contributed by atoms with Gasteiger partial charge < -0.3 is 15.0 Å². The smallest absolute Gasteiger partial charge is 0.254 e. The molecule has 0 atom stereocenters. The molecule has 1 N–H and O–H groups in total. The van der Waals surface area contributed by atoms with E-state index in [9.17, 15) is 9.59 Å². The summed E-state index contributed by atoms with van der Waals surface area (Å²) in [7, 11) is 1.62. The molecule has 2 amide bonds. The molecule has 0 spiro atoms. The fraction of sp³-hybridized carbons (Fsp3) is 0.350. The van der Waals surface area contributed by atoms with Crippen molar-refractivity contribution in [1.82, 2.24) is 15.2 Å². The molecule has 6 heteroatoms. The van der Waals surface area contributed by atoms with E-state index >= 15 is 0 Å². The highest BCUT2D eigenvalue weighted by Crippen LogP contribution is 2.17. The molecule has 2 heterocycles. The van der Waals surface area contributed by atoms with Crippen molar-refractivity contribution in [2.45, 2.75) is 25.5 Å². The standard InChI is InChI=1S/C20H23N3O3/c1-26-14-16-4-2-3-5-18(16)20(25)23-12-8-17(9-13-23)22-19(24)15-6-10-21-11-7-15/h2-7,10-11,17H,8-9,12-14H2,1H3,(H,22,24). The van der Waals surface area contributed by atoms with Crippen LogP contribution < -0.4 is 5.32 Å². The highest BCUT2D eigenvalue weighted by atomic mass is 16.5. The molecule has 1 fully saturated rings. The van der Waals surface area contributed by atoms with Crippen LogP contribution in [0.1, 0.15) is 39.1 Å². The van der Waals surface area contributed by atoms with Gasteiger partial charge in [-0.15, -0.1) is 0 Å². The Hall–Kier alpha value is -2.73. The second kappa shape index (κ2) is 8.58. The van der Waals surface area contributed by atoms with Crippen molar-refractivity contribution in [1.29, 1.82) is 0 Å². The minimum absolute atomic E-state index is 0.0246. The molecule has 0 aliphatic carbocycles. The second-order valence-electron chi connectivity index (χ2n) is 6.37. The first kappa shape index (κ1) is 18.1. The molecule has 1 aliphatic rings. The lowest BCUT2D eigenvalue weighted by Crippen LogP contribution is -2.46. The molecular formula is C20H23N3O3. The third-order valence-electron chi connectivity index (χ3n) is 4.61. The first-order valence-electron chi connectivity index (χ1n) is 8.76. The molecule has 0 radical (unpaired) electrons. The molecule has 0 saturated carbocycles. The predicted octanol–water partition coefficient (Wildman–Crippen LogP) is 2.26. The second-order valence-corrected chi connectivity index (χ2v) is 6.37. The minimum atomic E-state index is -0.0948. The Kier molecular flexibility index (Phi) is 5.96. The third kappa shape index (κ3) is 4.26. The lowest BCUT2D eigenvalue weighted by Gasteiger charge is -2.32. The summed E-state index contributed by atoms with van der Waals surface area (Å²) in [6, 6.07) is 11.0. The average molecular weight is 353 g/mol. The van der Waals surface area contributed by atoms with Crippen LogP contribution >= 0.6 is 0 Å². The first-order valence-corrected chi connectivity index (χ1v) is 8.76. The summed E-state index contributed by atoms with van der Waals surface area (Å²) in [6.45, 7) is 1.67. The Morgan fingerprint density at radius 3 is 2.54 bits per heavy atom. The largest absolute Gasteiger partial charge is 0.380 e. The molecule has 26 heavy (non-hydrogen) atoms. The monoisotopic (exact) mass is 353 g/mol. The average Bonchev–Trinajstić information content (AvgIpc) is 2.69. The number of hydrogen-bond acceptors (Lipinski definition) is 4. The van der Waals surface area contributed by atoms with Crippen LogP contribution in [-0.2, 0) is 11.3 Å². The summed E-state index contributed by atoms with van der Waals surface area (Å²) >= 11 is 0. The van der Waals surface area contributed by atoms with Crippen molar-refractivity contribution in [2.24, 2.45) is 0 Å². The summed E-state index contributed by atoms with van der Waals surface area (Å²) in [5, 5.41) is 3.04. The van der Waals surface area contributed by atoms with Crippen LogP contribution in [0.15, 0.2) is 48.8 Å². The zero-order valence-corrected chi connectivity index (χ0v) is 14.9. The Labute approximate surface area is 153 Å². The van der Waals surface area contributed by atoms with Crippen LogP contribution in [0.25, 0.3) is 0 Å². The van der Waals surface area contributed by atoms with E-state index in [2.05, 4.69) is 10.3 Å². The van der Waals surface area contributed by atoms with Gasteiger partial charge in [0, 0.05) is 49.8 Å². The van der Waals surface area contributed by atoms with E-state index < -0.39 is 0 Å². The number of piperidine rings is 1. The maximum absolute atomic E-state index is 12.8. The molecule has 1 aromatic heterocycles. The van der Waals surface area contributed by atoms with Gasteiger partial charge in [-0.05, 0) is 36.6 Å². The van der Waals surface area contributed by atoms with Crippen molar-refractivity contribution >= 4 is 11.8 Å². The van der Waals surface area contributed by atoms with Gasteiger partial charge in [-0.3, -0.25) is 14.6 Å². The highest BCUT2D eigenvalue weighted by Gasteiger charge is 2.25. The van der Waals surface area contributed by atoms with Crippen LogP contribution in [0.4, 0.5) is 0 Å². The topological polar surface area (TPSA) is 71.5 Å². The maximum Gasteiger partial charge on any atom is 0.254 e. The van der Waals surface area contributed by atoms with Gasteiger partial charge in [-0.2, -0.15) is 0 Å². The van der Waals surface area contributed by atoms with Gasteiger partial charge in [0.25, 0.3) is 11.8 Å². The van der Waals surface area contributed by atoms with Gasteiger partial charge in [0.2, 0.25) is 0 Å². The number of pyridine rings is 1. The predicted molar refractivity (Wildman–Crippen MR) is 97.8 cm³/mol. The number of carbonyl (C=O) groups excluding carboxylic acids is 2. The summed E-state index contributed by atoms with van der Waals surface area (Å²) in [6.07, 6.45) is 4.70. The van der Waals surface area contributed by atoms with Crippen molar-refractivity contribution < 1.29 is 14.3 Å². The zero-order valence-electron chi connectivity index (χ0n) is 14.9. The van der Waals surface area contributed by atoms with E-state index in [1.165, 1.54) is 0 Å². The van der Waals surface area contributed by atoms with Gasteiger partial charge in [-0.1, -0.05) is 18.2 Å². The van der Waals surface area contributed by atoms with Gasteiger partial charge in [0.1, 0.15) is 0 Å². The molecule has 1 aromatic carbocycles. The number of likely N-dealkylation sites (tertiary alicyclic amines) is 1. The molecule has 1 aliphatic heterocycles. The Morgan fingerprint density at radius 2 is 1.85 bits per heavy atom. The van der Waals surface area contributed by atoms with Crippen molar-refractivity contribution in [3.63, 3.8) is 0 Å². The summed E-state index contributed by atoms with van der Waals surface area (Å²) in [5.41, 5.74) is 2.19. The molecule has 0 bridgehead atoms. The fourth-order valence-corrected chi connectivity index (χ4v) is 3.18. The van der Waals surface area contributed by atoms with Crippen molar-refractivity contribution in [3.05, 3.63) is 65.5 Å². The number of hydrogen-bond donors (Lipinski definition) is 1. The van der Waals surface area contributed by atoms with Crippen molar-refractivity contribution in [2.75, 3.05) is 20.2 Å². The van der Waals surface area contributed by atoms with Crippen LogP contribution in [0.5, 0.6) is 0 Å². The van der Waals surface area contributed by atoms with Crippen LogP contribution in [-0.4, -0.2) is 47.9 Å². The van der Waals surface area contributed by atoms with Crippen molar-refractivity contribution in [3.8, 4) is 0 Å². The normalized spacial score (nSPS) is 14.9. The van der Waals surface area contributed by atoms with E-state index in [4.69, 9.17) is 4.74 Å². The SMILES string of the molecule is COCc1ccccc1C(=O)N1CCC(NC(=O)c2ccncc2)CC1. The molecule has 1 saturated heterocycles. The number of nitrogens with zero attached hydrogens (tertiary/aromatic N) is 2. The van der Waals surface area contributed by atoms with Gasteiger partial charge in [-0.25, -0.2) is 0 Å². The Bertz CT molecular complexity index is 756. The van der Waals surface area contributed by atoms with Crippen LogP contribution in [0, 0.1) is 0 Å². The number of nitrogens with one attached hydrogen (secondary N) is 1. The number of methoxy groups -OCH3 is 1. The fourth-order valence-electron chi connectivity index (χ4n) is 3.18. The molecule has 2 aromatic rings. The van der Waals surface area contributed by atoms with E-state index in [1.54, 1.807) is 31.6 Å². The molecule has 136 valence electrons. The maximum atomic E-state index is 12.8. The Balaban J connectivity index is 1.57. The number of rotatable bonds is 5. The molecule has 6 nitrogen and oxygen atoms in total.